The Bertz CT molecular complexity index is 156. The summed E-state index contributed by atoms with van der Waals surface area (Å²) in [5.74, 6) is -1.18. The normalized spacial score (nSPS) is 12.3. The van der Waals surface area contributed by atoms with Crippen LogP contribution in [0.1, 0.15) is 13.3 Å². The lowest BCUT2D eigenvalue weighted by atomic mass is 10.0. The van der Waals surface area contributed by atoms with Gasteiger partial charge in [-0.1, -0.05) is 0 Å². The third-order valence-corrected chi connectivity index (χ3v) is 1.48. The maximum absolute atomic E-state index is 10.9. The number of carbonyl (C=O) groups excluding carboxylic acids is 2. The fourth-order valence-corrected chi connectivity index (χ4v) is 0.689. The molecule has 11 heavy (non-hydrogen) atoms. The molecule has 0 bridgehead atoms. The van der Waals surface area contributed by atoms with Gasteiger partial charge in [0, 0.05) is 20.1 Å². The summed E-state index contributed by atoms with van der Waals surface area (Å²) >= 11 is 0. The molecule has 0 aliphatic heterocycles. The Morgan fingerprint density at radius 2 is 2.09 bits per heavy atom. The Morgan fingerprint density at radius 3 is 2.45 bits per heavy atom. The zero-order chi connectivity index (χ0) is 8.85. The first-order valence-corrected chi connectivity index (χ1v) is 3.48. The van der Waals surface area contributed by atoms with E-state index in [-0.39, 0.29) is 24.7 Å². The van der Waals surface area contributed by atoms with E-state index < -0.39 is 5.92 Å². The molecule has 2 N–H and O–H groups in total. The van der Waals surface area contributed by atoms with E-state index in [1.54, 1.807) is 0 Å². The van der Waals surface area contributed by atoms with E-state index in [4.69, 9.17) is 5.11 Å². The number of rotatable bonds is 4. The standard InChI is InChI=1S/C7H13NO3/c1-5(7(11)8-2)6(10)3-4-9/h5,9H,3-4H2,1-2H3,(H,8,11). The molecule has 0 aromatic heterocycles. The predicted octanol–water partition coefficient (Wildman–Crippen LogP) is -0.680. The second kappa shape index (κ2) is 4.85. The summed E-state index contributed by atoms with van der Waals surface area (Å²) < 4.78 is 0. The van der Waals surface area contributed by atoms with Crippen molar-refractivity contribution in [3.63, 3.8) is 0 Å². The Kier molecular flexibility index (Phi) is 4.45. The first kappa shape index (κ1) is 10.1. The molecule has 0 saturated carbocycles. The van der Waals surface area contributed by atoms with Crippen LogP contribution in [-0.4, -0.2) is 30.5 Å². The predicted molar refractivity (Wildman–Crippen MR) is 39.9 cm³/mol. The molecule has 64 valence electrons. The van der Waals surface area contributed by atoms with E-state index in [0.29, 0.717) is 0 Å². The highest BCUT2D eigenvalue weighted by Gasteiger charge is 2.18. The van der Waals surface area contributed by atoms with Crippen molar-refractivity contribution in [1.29, 1.82) is 0 Å². The van der Waals surface area contributed by atoms with Crippen molar-refractivity contribution in [2.24, 2.45) is 5.92 Å². The monoisotopic (exact) mass is 159 g/mol. The van der Waals surface area contributed by atoms with Crippen molar-refractivity contribution < 1.29 is 14.7 Å². The summed E-state index contributed by atoms with van der Waals surface area (Å²) in [6.45, 7) is 1.33. The molecule has 0 saturated heterocycles. The summed E-state index contributed by atoms with van der Waals surface area (Å²) in [5.41, 5.74) is 0. The maximum Gasteiger partial charge on any atom is 0.230 e. The van der Waals surface area contributed by atoms with E-state index in [9.17, 15) is 9.59 Å². The molecule has 0 rings (SSSR count). The van der Waals surface area contributed by atoms with Gasteiger partial charge in [-0.05, 0) is 6.92 Å². The number of aliphatic hydroxyl groups excluding tert-OH is 1. The van der Waals surface area contributed by atoms with E-state index in [1.165, 1.54) is 14.0 Å². The van der Waals surface area contributed by atoms with Crippen LogP contribution in [0.5, 0.6) is 0 Å². The number of nitrogens with one attached hydrogen (secondary N) is 1. The van der Waals surface area contributed by atoms with E-state index in [2.05, 4.69) is 5.32 Å². The van der Waals surface area contributed by atoms with Crippen LogP contribution < -0.4 is 5.32 Å². The second-order valence-electron chi connectivity index (χ2n) is 2.28. The minimum absolute atomic E-state index is 0.0502. The van der Waals surface area contributed by atoms with Crippen LogP contribution in [0.3, 0.4) is 0 Å². The van der Waals surface area contributed by atoms with Crippen molar-refractivity contribution in [2.45, 2.75) is 13.3 Å². The zero-order valence-electron chi connectivity index (χ0n) is 6.76. The van der Waals surface area contributed by atoms with Gasteiger partial charge >= 0.3 is 0 Å². The fourth-order valence-electron chi connectivity index (χ4n) is 0.689. The summed E-state index contributed by atoms with van der Waals surface area (Å²) in [7, 11) is 1.48. The minimum atomic E-state index is -0.646. The molecule has 0 aliphatic carbocycles. The van der Waals surface area contributed by atoms with Crippen LogP contribution in [0.15, 0.2) is 0 Å². The van der Waals surface area contributed by atoms with Crippen LogP contribution in [0.4, 0.5) is 0 Å². The molecule has 0 heterocycles. The Balaban J connectivity index is 3.91. The number of amides is 1. The van der Waals surface area contributed by atoms with Gasteiger partial charge in [-0.2, -0.15) is 0 Å². The average Bonchev–Trinajstić information content (AvgIpc) is 2.02. The van der Waals surface area contributed by atoms with Crippen LogP contribution in [0.2, 0.25) is 0 Å². The summed E-state index contributed by atoms with van der Waals surface area (Å²) in [6, 6.07) is 0. The fraction of sp³-hybridized carbons (Fsp3) is 0.714. The highest BCUT2D eigenvalue weighted by Crippen LogP contribution is 1.99. The molecule has 1 amide bonds. The van der Waals surface area contributed by atoms with Crippen LogP contribution >= 0.6 is 0 Å². The molecule has 1 atom stereocenters. The third-order valence-electron chi connectivity index (χ3n) is 1.48. The molecule has 0 aromatic rings. The van der Waals surface area contributed by atoms with Gasteiger partial charge in [-0.3, -0.25) is 9.59 Å². The molecule has 0 aromatic carbocycles. The highest BCUT2D eigenvalue weighted by atomic mass is 16.3. The SMILES string of the molecule is CNC(=O)C(C)C(=O)CCO. The minimum Gasteiger partial charge on any atom is -0.396 e. The molecule has 4 nitrogen and oxygen atoms in total. The largest absolute Gasteiger partial charge is 0.396 e. The average molecular weight is 159 g/mol. The van der Waals surface area contributed by atoms with Crippen LogP contribution in [0, 0.1) is 5.92 Å². The lowest BCUT2D eigenvalue weighted by molar-refractivity contribution is -0.133. The quantitative estimate of drug-likeness (QED) is 0.534. The van der Waals surface area contributed by atoms with Crippen molar-refractivity contribution in [3.05, 3.63) is 0 Å². The lowest BCUT2D eigenvalue weighted by Gasteiger charge is -2.06. The number of hydrogen-bond acceptors (Lipinski definition) is 3. The smallest absolute Gasteiger partial charge is 0.230 e. The van der Waals surface area contributed by atoms with Crippen molar-refractivity contribution in [2.75, 3.05) is 13.7 Å². The Labute approximate surface area is 65.6 Å². The number of ketones is 1. The van der Waals surface area contributed by atoms with Gasteiger partial charge in [-0.25, -0.2) is 0 Å². The molecule has 0 radical (unpaired) electrons. The number of aliphatic hydroxyl groups is 1. The summed E-state index contributed by atoms with van der Waals surface area (Å²) in [4.78, 5) is 21.7. The second-order valence-corrected chi connectivity index (χ2v) is 2.28. The highest BCUT2D eigenvalue weighted by molar-refractivity contribution is 6.00. The van der Waals surface area contributed by atoms with Gasteiger partial charge in [-0.15, -0.1) is 0 Å². The molecule has 0 aliphatic rings. The van der Waals surface area contributed by atoms with Crippen molar-refractivity contribution in [3.8, 4) is 0 Å². The number of carbonyl (C=O) groups is 2. The van der Waals surface area contributed by atoms with E-state index >= 15 is 0 Å². The summed E-state index contributed by atoms with van der Waals surface area (Å²) in [6.07, 6.45) is 0.0502. The van der Waals surface area contributed by atoms with Gasteiger partial charge in [0.2, 0.25) is 5.91 Å². The van der Waals surface area contributed by atoms with Crippen molar-refractivity contribution in [1.82, 2.24) is 5.32 Å². The lowest BCUT2D eigenvalue weighted by Crippen LogP contribution is -2.31. The van der Waals surface area contributed by atoms with Crippen molar-refractivity contribution >= 4 is 11.7 Å². The summed E-state index contributed by atoms with van der Waals surface area (Å²) in [5, 5.41) is 10.8. The number of Topliss-reactive ketones (excluding diaryl/α,β-unsaturated/α-hetero) is 1. The van der Waals surface area contributed by atoms with Crippen LogP contribution in [0.25, 0.3) is 0 Å². The van der Waals surface area contributed by atoms with Gasteiger partial charge < -0.3 is 10.4 Å². The third kappa shape index (κ3) is 3.13. The Hall–Kier alpha value is -0.900. The van der Waals surface area contributed by atoms with Gasteiger partial charge in [0.15, 0.2) is 0 Å². The molecular formula is C7H13NO3. The maximum atomic E-state index is 10.9. The molecular weight excluding hydrogens is 146 g/mol. The van der Waals surface area contributed by atoms with E-state index in [0.717, 1.165) is 0 Å². The molecule has 4 heteroatoms. The van der Waals surface area contributed by atoms with E-state index in [1.807, 2.05) is 0 Å². The topological polar surface area (TPSA) is 66.4 Å². The van der Waals surface area contributed by atoms with Gasteiger partial charge in [0.05, 0.1) is 5.92 Å². The molecule has 0 spiro atoms. The Morgan fingerprint density at radius 1 is 1.55 bits per heavy atom. The molecule has 1 unspecified atom stereocenters. The zero-order valence-corrected chi connectivity index (χ0v) is 6.76. The van der Waals surface area contributed by atoms with Gasteiger partial charge in [0.25, 0.3) is 0 Å². The van der Waals surface area contributed by atoms with Gasteiger partial charge in [0.1, 0.15) is 5.78 Å². The first-order valence-electron chi connectivity index (χ1n) is 3.48. The molecule has 0 fully saturated rings. The first-order chi connectivity index (χ1) is 5.13. The number of hydrogen-bond donors (Lipinski definition) is 2. The van der Waals surface area contributed by atoms with Crippen LogP contribution in [-0.2, 0) is 9.59 Å².